The fourth-order valence-corrected chi connectivity index (χ4v) is 2.27. The van der Waals surface area contributed by atoms with Gasteiger partial charge < -0.3 is 15.3 Å². The molecule has 1 fully saturated rings. The number of hydrogen-bond acceptors (Lipinski definition) is 4. The number of aliphatic hydroxyl groups excluding tert-OH is 2. The number of aliphatic hydroxyl groups is 3. The average molecular weight is 277 g/mol. The lowest BCUT2D eigenvalue weighted by Crippen LogP contribution is -2.52. The molecule has 0 bridgehead atoms. The molecule has 0 aliphatic carbocycles. The lowest BCUT2D eigenvalue weighted by atomic mass is 9.83. The van der Waals surface area contributed by atoms with Crippen LogP contribution in [-0.2, 0) is 11.8 Å². The number of hydrogen-bond donors (Lipinski definition) is 4. The summed E-state index contributed by atoms with van der Waals surface area (Å²) >= 11 is 0. The van der Waals surface area contributed by atoms with Crippen molar-refractivity contribution in [2.45, 2.75) is 37.1 Å². The van der Waals surface area contributed by atoms with E-state index >= 15 is 0 Å². The van der Waals surface area contributed by atoms with Crippen LogP contribution in [0.25, 0.3) is 0 Å². The van der Waals surface area contributed by atoms with E-state index in [0.717, 1.165) is 24.3 Å². The Morgan fingerprint density at radius 3 is 1.95 bits per heavy atom. The standard InChI is InChI=1S/C12H14F3NO3/c13-12(14,15)8-3-1-7(2-4-8)11(19)5-9(17)16-10(18)6-11/h1-4,9-10,16-19H,5-6H2/t9-,10+,11?. The smallest absolute Gasteiger partial charge is 0.385 e. The highest BCUT2D eigenvalue weighted by molar-refractivity contribution is 5.29. The first-order valence-corrected chi connectivity index (χ1v) is 5.73. The zero-order valence-corrected chi connectivity index (χ0v) is 9.85. The van der Waals surface area contributed by atoms with Crippen LogP contribution in [0, 0.1) is 0 Å². The number of piperidine rings is 1. The van der Waals surface area contributed by atoms with Crippen LogP contribution in [0.3, 0.4) is 0 Å². The molecule has 4 nitrogen and oxygen atoms in total. The van der Waals surface area contributed by atoms with Crippen LogP contribution in [0.2, 0.25) is 0 Å². The van der Waals surface area contributed by atoms with Crippen molar-refractivity contribution >= 4 is 0 Å². The lowest BCUT2D eigenvalue weighted by molar-refractivity contribution is -0.138. The van der Waals surface area contributed by atoms with Gasteiger partial charge in [0.2, 0.25) is 0 Å². The first-order chi connectivity index (χ1) is 8.71. The maximum Gasteiger partial charge on any atom is 0.416 e. The third-order valence-electron chi connectivity index (χ3n) is 3.20. The van der Waals surface area contributed by atoms with Crippen molar-refractivity contribution in [2.75, 3.05) is 0 Å². The molecule has 1 aliphatic heterocycles. The molecule has 0 spiro atoms. The van der Waals surface area contributed by atoms with E-state index in [1.807, 2.05) is 0 Å². The van der Waals surface area contributed by atoms with Gasteiger partial charge in [-0.25, -0.2) is 0 Å². The van der Waals surface area contributed by atoms with E-state index in [-0.39, 0.29) is 18.4 Å². The highest BCUT2D eigenvalue weighted by Crippen LogP contribution is 2.36. The molecule has 1 heterocycles. The second-order valence-electron chi connectivity index (χ2n) is 4.71. The van der Waals surface area contributed by atoms with Gasteiger partial charge in [-0.3, -0.25) is 5.32 Å². The summed E-state index contributed by atoms with van der Waals surface area (Å²) in [7, 11) is 0. The second kappa shape index (κ2) is 4.75. The summed E-state index contributed by atoms with van der Waals surface area (Å²) in [4.78, 5) is 0. The van der Waals surface area contributed by atoms with Crippen molar-refractivity contribution in [2.24, 2.45) is 0 Å². The normalized spacial score (nSPS) is 32.3. The Morgan fingerprint density at radius 2 is 1.53 bits per heavy atom. The van der Waals surface area contributed by atoms with Crippen molar-refractivity contribution in [3.8, 4) is 0 Å². The van der Waals surface area contributed by atoms with E-state index in [9.17, 15) is 28.5 Å². The predicted molar refractivity (Wildman–Crippen MR) is 59.7 cm³/mol. The largest absolute Gasteiger partial charge is 0.416 e. The third kappa shape index (κ3) is 3.06. The molecule has 1 aromatic carbocycles. The number of alkyl halides is 3. The van der Waals surface area contributed by atoms with Crippen LogP contribution in [0.1, 0.15) is 24.0 Å². The van der Waals surface area contributed by atoms with Gasteiger partial charge in [0.15, 0.2) is 0 Å². The Morgan fingerprint density at radius 1 is 1.05 bits per heavy atom. The quantitative estimate of drug-likeness (QED) is 0.616. The molecule has 3 atom stereocenters. The predicted octanol–water partition coefficient (Wildman–Crippen LogP) is 0.913. The summed E-state index contributed by atoms with van der Waals surface area (Å²) in [5, 5.41) is 31.6. The fraction of sp³-hybridized carbons (Fsp3) is 0.500. The van der Waals surface area contributed by atoms with Crippen LogP contribution in [0.15, 0.2) is 24.3 Å². The molecule has 0 aromatic heterocycles. The van der Waals surface area contributed by atoms with Gasteiger partial charge in [-0.15, -0.1) is 0 Å². The Labute approximate surface area is 107 Å². The zero-order chi connectivity index (χ0) is 14.3. The average Bonchev–Trinajstić information content (AvgIpc) is 2.26. The molecule has 7 heteroatoms. The summed E-state index contributed by atoms with van der Waals surface area (Å²) in [6.45, 7) is 0. The molecule has 106 valence electrons. The third-order valence-corrected chi connectivity index (χ3v) is 3.20. The molecule has 1 unspecified atom stereocenters. The van der Waals surface area contributed by atoms with Crippen LogP contribution in [0.5, 0.6) is 0 Å². The first kappa shape index (κ1) is 14.3. The molecule has 19 heavy (non-hydrogen) atoms. The summed E-state index contributed by atoms with van der Waals surface area (Å²) in [6, 6.07) is 4.06. The van der Waals surface area contributed by atoms with Crippen LogP contribution in [-0.4, -0.2) is 27.8 Å². The van der Waals surface area contributed by atoms with E-state index in [1.54, 1.807) is 0 Å². The van der Waals surface area contributed by atoms with Gasteiger partial charge in [0.1, 0.15) is 12.5 Å². The molecule has 0 saturated carbocycles. The van der Waals surface area contributed by atoms with Crippen molar-refractivity contribution < 1.29 is 28.5 Å². The molecule has 4 N–H and O–H groups in total. The second-order valence-corrected chi connectivity index (χ2v) is 4.71. The highest BCUT2D eigenvalue weighted by atomic mass is 19.4. The van der Waals surface area contributed by atoms with Crippen molar-refractivity contribution in [3.63, 3.8) is 0 Å². The van der Waals surface area contributed by atoms with E-state index < -0.39 is 29.8 Å². The summed E-state index contributed by atoms with van der Waals surface area (Å²) in [5.74, 6) is 0. The SMILES string of the molecule is O[C@@H]1CC(O)(c2ccc(C(F)(F)F)cc2)C[C@H](O)N1. The monoisotopic (exact) mass is 277 g/mol. The Bertz CT molecular complexity index is 437. The summed E-state index contributed by atoms with van der Waals surface area (Å²) in [5.41, 5.74) is -2.12. The van der Waals surface area contributed by atoms with Gasteiger partial charge in [0.05, 0.1) is 11.2 Å². The Kier molecular flexibility index (Phi) is 3.57. The number of rotatable bonds is 1. The van der Waals surface area contributed by atoms with Crippen LogP contribution < -0.4 is 5.32 Å². The minimum atomic E-state index is -4.44. The van der Waals surface area contributed by atoms with Gasteiger partial charge in [-0.05, 0) is 17.7 Å². The molecule has 2 rings (SSSR count). The molecule has 0 amide bonds. The van der Waals surface area contributed by atoms with E-state index in [2.05, 4.69) is 5.32 Å². The topological polar surface area (TPSA) is 72.7 Å². The maximum atomic E-state index is 12.4. The van der Waals surface area contributed by atoms with Gasteiger partial charge >= 0.3 is 6.18 Å². The Balaban J connectivity index is 2.26. The molecule has 1 saturated heterocycles. The van der Waals surface area contributed by atoms with Crippen molar-refractivity contribution in [1.29, 1.82) is 0 Å². The van der Waals surface area contributed by atoms with Gasteiger partial charge in [0.25, 0.3) is 0 Å². The molecule has 1 aliphatic rings. The molecular formula is C12H14F3NO3. The molecule has 1 aromatic rings. The van der Waals surface area contributed by atoms with Crippen LogP contribution in [0.4, 0.5) is 13.2 Å². The van der Waals surface area contributed by atoms with Gasteiger partial charge in [-0.2, -0.15) is 13.2 Å². The lowest BCUT2D eigenvalue weighted by Gasteiger charge is -2.38. The molecular weight excluding hydrogens is 263 g/mol. The maximum absolute atomic E-state index is 12.4. The van der Waals surface area contributed by atoms with E-state index in [1.165, 1.54) is 0 Å². The van der Waals surface area contributed by atoms with Crippen molar-refractivity contribution in [3.05, 3.63) is 35.4 Å². The highest BCUT2D eigenvalue weighted by Gasteiger charge is 2.39. The first-order valence-electron chi connectivity index (χ1n) is 5.73. The minimum absolute atomic E-state index is 0.102. The number of benzene rings is 1. The molecule has 0 radical (unpaired) electrons. The van der Waals surface area contributed by atoms with Crippen LogP contribution >= 0.6 is 0 Å². The zero-order valence-electron chi connectivity index (χ0n) is 9.85. The number of nitrogens with one attached hydrogen (secondary N) is 1. The van der Waals surface area contributed by atoms with Crippen molar-refractivity contribution in [1.82, 2.24) is 5.32 Å². The minimum Gasteiger partial charge on any atom is -0.385 e. The fourth-order valence-electron chi connectivity index (χ4n) is 2.27. The summed E-state index contributed by atoms with van der Waals surface area (Å²) in [6.07, 6.45) is -6.87. The van der Waals surface area contributed by atoms with E-state index in [4.69, 9.17) is 0 Å². The van der Waals surface area contributed by atoms with Gasteiger partial charge in [0, 0.05) is 12.8 Å². The Hall–Kier alpha value is -1.15. The summed E-state index contributed by atoms with van der Waals surface area (Å²) < 4.78 is 37.3. The number of halogens is 3. The van der Waals surface area contributed by atoms with E-state index in [0.29, 0.717) is 0 Å². The van der Waals surface area contributed by atoms with Gasteiger partial charge in [-0.1, -0.05) is 12.1 Å².